The molecule has 0 spiro atoms. The van der Waals surface area contributed by atoms with Crippen LogP contribution in [0.3, 0.4) is 0 Å². The molecule has 0 radical (unpaired) electrons. The third-order valence-corrected chi connectivity index (χ3v) is 2.74. The molecule has 0 heterocycles. The Morgan fingerprint density at radius 2 is 2.00 bits per heavy atom. The first-order valence-electron chi connectivity index (χ1n) is 5.66. The number of ether oxygens (including phenoxy) is 2. The highest BCUT2D eigenvalue weighted by Gasteiger charge is 2.09. The first-order chi connectivity index (χ1) is 7.72. The van der Waals surface area contributed by atoms with E-state index < -0.39 is 0 Å². The Balaban J connectivity index is 2.78. The quantitative estimate of drug-likeness (QED) is 0.804. The van der Waals surface area contributed by atoms with Crippen LogP contribution in [0.5, 0.6) is 11.5 Å². The molecule has 1 aromatic carbocycles. The normalized spacial score (nSPS) is 12.2. The summed E-state index contributed by atoms with van der Waals surface area (Å²) in [5.74, 6) is 1.60. The second-order valence-corrected chi connectivity index (χ2v) is 3.84. The number of benzene rings is 1. The van der Waals surface area contributed by atoms with Crippen molar-refractivity contribution in [3.63, 3.8) is 0 Å². The van der Waals surface area contributed by atoms with Gasteiger partial charge >= 0.3 is 0 Å². The standard InChI is InChI=1S/C13H21NO2/c1-5-10(2)14-9-11-7-6-8-12(15-3)13(11)16-4/h6-8,10,14H,5,9H2,1-4H3/t10-/m1/s1. The van der Waals surface area contributed by atoms with Gasteiger partial charge in [-0.15, -0.1) is 0 Å². The molecule has 3 nitrogen and oxygen atoms in total. The van der Waals surface area contributed by atoms with Gasteiger partial charge in [0.25, 0.3) is 0 Å². The number of rotatable bonds is 6. The zero-order chi connectivity index (χ0) is 12.0. The van der Waals surface area contributed by atoms with Crippen LogP contribution in [0.25, 0.3) is 0 Å². The van der Waals surface area contributed by atoms with Crippen LogP contribution in [0.4, 0.5) is 0 Å². The smallest absolute Gasteiger partial charge is 0.165 e. The minimum Gasteiger partial charge on any atom is -0.493 e. The van der Waals surface area contributed by atoms with E-state index in [9.17, 15) is 0 Å². The summed E-state index contributed by atoms with van der Waals surface area (Å²) in [5.41, 5.74) is 1.13. The molecule has 1 N–H and O–H groups in total. The van der Waals surface area contributed by atoms with Gasteiger partial charge < -0.3 is 14.8 Å². The SMILES string of the molecule is CC[C@@H](C)NCc1cccc(OC)c1OC. The van der Waals surface area contributed by atoms with Crippen LogP contribution >= 0.6 is 0 Å². The fourth-order valence-electron chi connectivity index (χ4n) is 1.52. The molecular weight excluding hydrogens is 202 g/mol. The maximum Gasteiger partial charge on any atom is 0.165 e. The molecule has 1 aromatic rings. The number of nitrogens with one attached hydrogen (secondary N) is 1. The molecule has 0 amide bonds. The monoisotopic (exact) mass is 223 g/mol. The molecule has 16 heavy (non-hydrogen) atoms. The molecule has 0 saturated heterocycles. The van der Waals surface area contributed by atoms with Gasteiger partial charge in [-0.25, -0.2) is 0 Å². The molecule has 1 rings (SSSR count). The Morgan fingerprint density at radius 3 is 2.56 bits per heavy atom. The van der Waals surface area contributed by atoms with Crippen LogP contribution in [-0.2, 0) is 6.54 Å². The Labute approximate surface area is 97.8 Å². The van der Waals surface area contributed by atoms with E-state index in [0.717, 1.165) is 30.0 Å². The second kappa shape index (κ2) is 6.38. The Kier molecular flexibility index (Phi) is 5.12. The molecule has 0 aliphatic heterocycles. The van der Waals surface area contributed by atoms with Crippen LogP contribution in [0, 0.1) is 0 Å². The lowest BCUT2D eigenvalue weighted by atomic mass is 10.1. The van der Waals surface area contributed by atoms with E-state index in [1.165, 1.54) is 0 Å². The van der Waals surface area contributed by atoms with Crippen LogP contribution in [-0.4, -0.2) is 20.3 Å². The largest absolute Gasteiger partial charge is 0.493 e. The third kappa shape index (κ3) is 3.14. The maximum atomic E-state index is 5.37. The van der Waals surface area contributed by atoms with Gasteiger partial charge in [-0.3, -0.25) is 0 Å². The van der Waals surface area contributed by atoms with E-state index in [1.54, 1.807) is 14.2 Å². The van der Waals surface area contributed by atoms with Gasteiger partial charge in [-0.1, -0.05) is 19.1 Å². The number of para-hydroxylation sites is 1. The van der Waals surface area contributed by atoms with Crippen molar-refractivity contribution in [2.24, 2.45) is 0 Å². The molecule has 0 aliphatic rings. The third-order valence-electron chi connectivity index (χ3n) is 2.74. The van der Waals surface area contributed by atoms with E-state index in [-0.39, 0.29) is 0 Å². The Morgan fingerprint density at radius 1 is 1.25 bits per heavy atom. The first-order valence-corrected chi connectivity index (χ1v) is 5.66. The predicted molar refractivity (Wildman–Crippen MR) is 66.1 cm³/mol. The van der Waals surface area contributed by atoms with Gasteiger partial charge in [0.15, 0.2) is 11.5 Å². The predicted octanol–water partition coefficient (Wildman–Crippen LogP) is 2.59. The minimum atomic E-state index is 0.510. The van der Waals surface area contributed by atoms with E-state index in [2.05, 4.69) is 25.2 Å². The van der Waals surface area contributed by atoms with E-state index >= 15 is 0 Å². The van der Waals surface area contributed by atoms with Gasteiger partial charge in [-0.05, 0) is 19.4 Å². The molecule has 1 atom stereocenters. The van der Waals surface area contributed by atoms with Gasteiger partial charge in [0, 0.05) is 18.2 Å². The van der Waals surface area contributed by atoms with Gasteiger partial charge in [0.05, 0.1) is 14.2 Å². The zero-order valence-corrected chi connectivity index (χ0v) is 10.5. The highest BCUT2D eigenvalue weighted by molar-refractivity contribution is 5.46. The van der Waals surface area contributed by atoms with Crippen molar-refractivity contribution >= 4 is 0 Å². The molecule has 0 aromatic heterocycles. The van der Waals surface area contributed by atoms with Gasteiger partial charge in [-0.2, -0.15) is 0 Å². The van der Waals surface area contributed by atoms with Crippen molar-refractivity contribution in [3.8, 4) is 11.5 Å². The van der Waals surface area contributed by atoms with E-state index in [0.29, 0.717) is 6.04 Å². The average Bonchev–Trinajstić information content (AvgIpc) is 2.34. The van der Waals surface area contributed by atoms with Crippen LogP contribution in [0.2, 0.25) is 0 Å². The van der Waals surface area contributed by atoms with Gasteiger partial charge in [0.2, 0.25) is 0 Å². The van der Waals surface area contributed by atoms with Crippen LogP contribution < -0.4 is 14.8 Å². The molecule has 0 saturated carbocycles. The lowest BCUT2D eigenvalue weighted by Gasteiger charge is -2.15. The summed E-state index contributed by atoms with van der Waals surface area (Å²) < 4.78 is 10.6. The van der Waals surface area contributed by atoms with Crippen LogP contribution in [0.1, 0.15) is 25.8 Å². The molecular formula is C13H21NO2. The van der Waals surface area contributed by atoms with Crippen molar-refractivity contribution in [3.05, 3.63) is 23.8 Å². The molecule has 90 valence electrons. The first kappa shape index (κ1) is 12.8. The van der Waals surface area contributed by atoms with E-state index in [1.807, 2.05) is 12.1 Å². The van der Waals surface area contributed by atoms with Crippen molar-refractivity contribution < 1.29 is 9.47 Å². The summed E-state index contributed by atoms with van der Waals surface area (Å²) in [5, 5.41) is 3.44. The molecule has 0 fully saturated rings. The Bertz CT molecular complexity index is 326. The highest BCUT2D eigenvalue weighted by atomic mass is 16.5. The van der Waals surface area contributed by atoms with Crippen LogP contribution in [0.15, 0.2) is 18.2 Å². The fraction of sp³-hybridized carbons (Fsp3) is 0.538. The summed E-state index contributed by atoms with van der Waals surface area (Å²) in [6, 6.07) is 6.45. The lowest BCUT2D eigenvalue weighted by molar-refractivity contribution is 0.350. The number of hydrogen-bond acceptors (Lipinski definition) is 3. The topological polar surface area (TPSA) is 30.5 Å². The lowest BCUT2D eigenvalue weighted by Crippen LogP contribution is -2.24. The molecule has 3 heteroatoms. The van der Waals surface area contributed by atoms with E-state index in [4.69, 9.17) is 9.47 Å². The summed E-state index contributed by atoms with van der Waals surface area (Å²) in [6.07, 6.45) is 1.12. The summed E-state index contributed by atoms with van der Waals surface area (Å²) in [4.78, 5) is 0. The average molecular weight is 223 g/mol. The minimum absolute atomic E-state index is 0.510. The van der Waals surface area contributed by atoms with Crippen molar-refractivity contribution in [2.45, 2.75) is 32.9 Å². The number of methoxy groups -OCH3 is 2. The second-order valence-electron chi connectivity index (χ2n) is 3.84. The Hall–Kier alpha value is -1.22. The number of hydrogen-bond donors (Lipinski definition) is 1. The maximum absolute atomic E-state index is 5.37. The van der Waals surface area contributed by atoms with Crippen molar-refractivity contribution in [1.29, 1.82) is 0 Å². The van der Waals surface area contributed by atoms with Crippen molar-refractivity contribution in [1.82, 2.24) is 5.32 Å². The molecule has 0 unspecified atom stereocenters. The molecule has 0 bridgehead atoms. The summed E-state index contributed by atoms with van der Waals surface area (Å²) >= 11 is 0. The summed E-state index contributed by atoms with van der Waals surface area (Å²) in [6.45, 7) is 5.14. The highest BCUT2D eigenvalue weighted by Crippen LogP contribution is 2.30. The van der Waals surface area contributed by atoms with Gasteiger partial charge in [0.1, 0.15) is 0 Å². The fourth-order valence-corrected chi connectivity index (χ4v) is 1.52. The van der Waals surface area contributed by atoms with Crippen molar-refractivity contribution in [2.75, 3.05) is 14.2 Å². The zero-order valence-electron chi connectivity index (χ0n) is 10.5. The summed E-state index contributed by atoms with van der Waals surface area (Å²) in [7, 11) is 3.33. The molecule has 0 aliphatic carbocycles.